The average molecular weight is 287 g/mol. The zero-order chi connectivity index (χ0) is 15.2. The van der Waals surface area contributed by atoms with Crippen LogP contribution in [0.1, 0.15) is 42.6 Å². The van der Waals surface area contributed by atoms with Gasteiger partial charge in [-0.25, -0.2) is 0 Å². The molecule has 2 aromatic rings. The molecule has 2 rings (SSSR count). The number of hydrogen-bond acceptors (Lipinski definition) is 3. The maximum Gasteiger partial charge on any atom is 0.161 e. The van der Waals surface area contributed by atoms with Crippen molar-refractivity contribution in [3.05, 3.63) is 47.3 Å². The molecule has 0 amide bonds. The molecule has 0 radical (unpaired) electrons. The third kappa shape index (κ3) is 3.64. The number of rotatable bonds is 7. The summed E-state index contributed by atoms with van der Waals surface area (Å²) in [6.45, 7) is 5.15. The highest BCUT2D eigenvalue weighted by Crippen LogP contribution is 2.27. The summed E-state index contributed by atoms with van der Waals surface area (Å²) in [7, 11) is 1.67. The summed E-state index contributed by atoms with van der Waals surface area (Å²) in [5.74, 6) is 0.792. The Bertz CT molecular complexity index is 577. The molecular formula is C17H25N3O. The molecule has 1 aromatic carbocycles. The van der Waals surface area contributed by atoms with Gasteiger partial charge in [-0.05, 0) is 37.3 Å². The van der Waals surface area contributed by atoms with Crippen LogP contribution in [0.3, 0.4) is 0 Å². The molecule has 0 aliphatic rings. The van der Waals surface area contributed by atoms with Crippen molar-refractivity contribution in [1.29, 1.82) is 0 Å². The molecule has 0 fully saturated rings. The fourth-order valence-corrected chi connectivity index (χ4v) is 2.64. The van der Waals surface area contributed by atoms with Crippen molar-refractivity contribution in [2.75, 3.05) is 7.11 Å². The van der Waals surface area contributed by atoms with Crippen molar-refractivity contribution in [1.82, 2.24) is 9.78 Å². The first-order valence-corrected chi connectivity index (χ1v) is 7.57. The van der Waals surface area contributed by atoms with Gasteiger partial charge in [0.1, 0.15) is 0 Å². The number of benzene rings is 1. The number of hydrogen-bond donors (Lipinski definition) is 1. The molecule has 0 aliphatic carbocycles. The standard InChI is InChI=1S/C17H25N3O/c1-4-11-20-17(16(21-3)12-19-20)15(18)10-9-14-8-6-5-7-13(14)2/h5-8,12,15H,4,9-11,18H2,1-3H3. The number of aryl methyl sites for hydroxylation is 3. The van der Waals surface area contributed by atoms with E-state index in [-0.39, 0.29) is 6.04 Å². The van der Waals surface area contributed by atoms with Crippen LogP contribution in [0.25, 0.3) is 0 Å². The van der Waals surface area contributed by atoms with Gasteiger partial charge < -0.3 is 10.5 Å². The number of methoxy groups -OCH3 is 1. The summed E-state index contributed by atoms with van der Waals surface area (Å²) >= 11 is 0. The fraction of sp³-hybridized carbons (Fsp3) is 0.471. The van der Waals surface area contributed by atoms with Crippen LogP contribution in [0.2, 0.25) is 0 Å². The van der Waals surface area contributed by atoms with Crippen LogP contribution in [-0.4, -0.2) is 16.9 Å². The smallest absolute Gasteiger partial charge is 0.161 e. The molecule has 114 valence electrons. The van der Waals surface area contributed by atoms with Gasteiger partial charge in [-0.1, -0.05) is 31.2 Å². The maximum atomic E-state index is 6.40. The van der Waals surface area contributed by atoms with Crippen molar-refractivity contribution >= 4 is 0 Å². The van der Waals surface area contributed by atoms with Crippen molar-refractivity contribution in [2.45, 2.75) is 45.7 Å². The van der Waals surface area contributed by atoms with E-state index in [4.69, 9.17) is 10.5 Å². The van der Waals surface area contributed by atoms with Gasteiger partial charge >= 0.3 is 0 Å². The van der Waals surface area contributed by atoms with Crippen molar-refractivity contribution in [3.8, 4) is 5.75 Å². The van der Waals surface area contributed by atoms with Crippen LogP contribution >= 0.6 is 0 Å². The highest BCUT2D eigenvalue weighted by molar-refractivity contribution is 5.29. The molecule has 4 heteroatoms. The summed E-state index contributed by atoms with van der Waals surface area (Å²) in [4.78, 5) is 0. The fourth-order valence-electron chi connectivity index (χ4n) is 2.64. The topological polar surface area (TPSA) is 53.1 Å². The largest absolute Gasteiger partial charge is 0.493 e. The normalized spacial score (nSPS) is 12.4. The van der Waals surface area contributed by atoms with Crippen LogP contribution in [0.4, 0.5) is 0 Å². The zero-order valence-corrected chi connectivity index (χ0v) is 13.2. The number of aromatic nitrogens is 2. The van der Waals surface area contributed by atoms with Crippen molar-refractivity contribution in [2.24, 2.45) is 5.73 Å². The van der Waals surface area contributed by atoms with E-state index in [1.165, 1.54) is 11.1 Å². The van der Waals surface area contributed by atoms with E-state index < -0.39 is 0 Å². The second-order valence-corrected chi connectivity index (χ2v) is 5.39. The van der Waals surface area contributed by atoms with Gasteiger partial charge in [0.25, 0.3) is 0 Å². The van der Waals surface area contributed by atoms with Crippen LogP contribution < -0.4 is 10.5 Å². The molecule has 0 aliphatic heterocycles. The molecule has 21 heavy (non-hydrogen) atoms. The van der Waals surface area contributed by atoms with E-state index in [0.717, 1.165) is 37.3 Å². The van der Waals surface area contributed by atoms with Crippen molar-refractivity contribution in [3.63, 3.8) is 0 Å². The SMILES string of the molecule is CCCn1ncc(OC)c1C(N)CCc1ccccc1C. The molecule has 0 spiro atoms. The predicted octanol–water partition coefficient (Wildman–Crippen LogP) is 3.24. The van der Waals surface area contributed by atoms with Gasteiger partial charge in [0.2, 0.25) is 0 Å². The minimum atomic E-state index is -0.0615. The second kappa shape index (κ2) is 7.27. The Morgan fingerprint density at radius 3 is 2.76 bits per heavy atom. The lowest BCUT2D eigenvalue weighted by Gasteiger charge is -2.16. The van der Waals surface area contributed by atoms with Gasteiger partial charge in [0.15, 0.2) is 5.75 Å². The highest BCUT2D eigenvalue weighted by atomic mass is 16.5. The molecule has 1 heterocycles. The van der Waals surface area contributed by atoms with E-state index in [9.17, 15) is 0 Å². The molecular weight excluding hydrogens is 262 g/mol. The minimum absolute atomic E-state index is 0.0615. The van der Waals surface area contributed by atoms with E-state index in [0.29, 0.717) is 0 Å². The van der Waals surface area contributed by atoms with Crippen LogP contribution in [0.15, 0.2) is 30.5 Å². The van der Waals surface area contributed by atoms with E-state index in [1.54, 1.807) is 13.3 Å². The molecule has 2 N–H and O–H groups in total. The molecule has 0 saturated carbocycles. The first-order valence-electron chi connectivity index (χ1n) is 7.57. The lowest BCUT2D eigenvalue weighted by atomic mass is 10.00. The summed E-state index contributed by atoms with van der Waals surface area (Å²) < 4.78 is 7.38. The van der Waals surface area contributed by atoms with E-state index in [2.05, 4.69) is 43.2 Å². The lowest BCUT2D eigenvalue weighted by molar-refractivity contribution is 0.398. The second-order valence-electron chi connectivity index (χ2n) is 5.39. The summed E-state index contributed by atoms with van der Waals surface area (Å²) in [5.41, 5.74) is 10.1. The van der Waals surface area contributed by atoms with Crippen LogP contribution in [0, 0.1) is 6.92 Å². The quantitative estimate of drug-likeness (QED) is 0.850. The summed E-state index contributed by atoms with van der Waals surface area (Å²) in [6.07, 6.45) is 4.64. The molecule has 1 atom stereocenters. The molecule has 1 aromatic heterocycles. The Hall–Kier alpha value is -1.81. The van der Waals surface area contributed by atoms with Crippen LogP contribution in [0.5, 0.6) is 5.75 Å². The third-order valence-corrected chi connectivity index (χ3v) is 3.84. The third-order valence-electron chi connectivity index (χ3n) is 3.84. The number of nitrogens with zero attached hydrogens (tertiary/aromatic N) is 2. The van der Waals surface area contributed by atoms with E-state index >= 15 is 0 Å². The Balaban J connectivity index is 2.11. The van der Waals surface area contributed by atoms with E-state index in [1.807, 2.05) is 4.68 Å². The first kappa shape index (κ1) is 15.6. The molecule has 0 saturated heterocycles. The first-order chi connectivity index (χ1) is 10.2. The van der Waals surface area contributed by atoms with Gasteiger partial charge in [-0.15, -0.1) is 0 Å². The number of ether oxygens (including phenoxy) is 1. The summed E-state index contributed by atoms with van der Waals surface area (Å²) in [6, 6.07) is 8.40. The average Bonchev–Trinajstić information content (AvgIpc) is 2.89. The maximum absolute atomic E-state index is 6.40. The molecule has 0 bridgehead atoms. The Labute approximate surface area is 126 Å². The molecule has 4 nitrogen and oxygen atoms in total. The van der Waals surface area contributed by atoms with Gasteiger partial charge in [-0.2, -0.15) is 5.10 Å². The predicted molar refractivity (Wildman–Crippen MR) is 85.5 cm³/mol. The highest BCUT2D eigenvalue weighted by Gasteiger charge is 2.18. The monoisotopic (exact) mass is 287 g/mol. The van der Waals surface area contributed by atoms with Gasteiger partial charge in [-0.3, -0.25) is 4.68 Å². The molecule has 1 unspecified atom stereocenters. The van der Waals surface area contributed by atoms with Gasteiger partial charge in [0.05, 0.1) is 25.0 Å². The zero-order valence-electron chi connectivity index (χ0n) is 13.2. The van der Waals surface area contributed by atoms with Gasteiger partial charge in [0, 0.05) is 6.54 Å². The summed E-state index contributed by atoms with van der Waals surface area (Å²) in [5, 5.41) is 4.38. The Kier molecular flexibility index (Phi) is 5.39. The lowest BCUT2D eigenvalue weighted by Crippen LogP contribution is -2.18. The van der Waals surface area contributed by atoms with Crippen molar-refractivity contribution < 1.29 is 4.74 Å². The Morgan fingerprint density at radius 2 is 2.10 bits per heavy atom. The number of nitrogens with two attached hydrogens (primary N) is 1. The Morgan fingerprint density at radius 1 is 1.33 bits per heavy atom. The van der Waals surface area contributed by atoms with Crippen LogP contribution in [-0.2, 0) is 13.0 Å². The minimum Gasteiger partial charge on any atom is -0.493 e.